The Labute approximate surface area is 134 Å². The average molecular weight is 309 g/mol. The normalized spacial score (nSPS) is 18.5. The molecule has 1 aliphatic heterocycles. The van der Waals surface area contributed by atoms with Gasteiger partial charge in [-0.3, -0.25) is 9.58 Å². The molecule has 0 aliphatic carbocycles. The Bertz CT molecular complexity index is 735. The zero-order valence-electron chi connectivity index (χ0n) is 12.9. The summed E-state index contributed by atoms with van der Waals surface area (Å²) in [6.07, 6.45) is 7.63. The van der Waals surface area contributed by atoms with Crippen LogP contribution < -0.4 is 0 Å². The average Bonchev–Trinajstić information content (AvgIpc) is 3.33. The van der Waals surface area contributed by atoms with Gasteiger partial charge in [-0.05, 0) is 31.5 Å². The fraction of sp³-hybridized carbons (Fsp3) is 0.375. The van der Waals surface area contributed by atoms with E-state index in [1.54, 1.807) is 17.5 Å². The van der Waals surface area contributed by atoms with E-state index >= 15 is 0 Å². The van der Waals surface area contributed by atoms with E-state index < -0.39 is 0 Å². The van der Waals surface area contributed by atoms with Crippen LogP contribution in [0.5, 0.6) is 0 Å². The van der Waals surface area contributed by atoms with E-state index in [-0.39, 0.29) is 0 Å². The van der Waals surface area contributed by atoms with E-state index in [1.165, 1.54) is 12.8 Å². The van der Waals surface area contributed by atoms with Crippen LogP contribution in [-0.2, 0) is 13.1 Å². The third-order valence-corrected chi connectivity index (χ3v) is 4.25. The molecular weight excluding hydrogens is 290 g/mol. The van der Waals surface area contributed by atoms with Crippen molar-refractivity contribution in [2.24, 2.45) is 0 Å². The van der Waals surface area contributed by atoms with Crippen molar-refractivity contribution in [3.8, 4) is 5.69 Å². The number of benzene rings is 1. The van der Waals surface area contributed by atoms with Gasteiger partial charge < -0.3 is 0 Å². The molecule has 1 aliphatic rings. The van der Waals surface area contributed by atoms with Crippen LogP contribution in [0.4, 0.5) is 0 Å². The van der Waals surface area contributed by atoms with E-state index in [9.17, 15) is 0 Å². The topological polar surface area (TPSA) is 64.7 Å². The second kappa shape index (κ2) is 6.29. The van der Waals surface area contributed by atoms with Gasteiger partial charge in [0.25, 0.3) is 0 Å². The lowest BCUT2D eigenvalue weighted by Gasteiger charge is -2.23. The molecule has 1 atom stereocenters. The first-order chi connectivity index (χ1) is 11.4. The molecule has 0 saturated carbocycles. The number of para-hydroxylation sites is 1. The van der Waals surface area contributed by atoms with Crippen molar-refractivity contribution in [1.29, 1.82) is 0 Å². The van der Waals surface area contributed by atoms with Crippen molar-refractivity contribution in [3.63, 3.8) is 0 Å². The molecule has 0 N–H and O–H groups in total. The number of aromatic nitrogens is 6. The minimum absolute atomic E-state index is 0.485. The second-order valence-electron chi connectivity index (χ2n) is 5.84. The molecule has 0 spiro atoms. The highest BCUT2D eigenvalue weighted by molar-refractivity contribution is 5.28. The number of nitrogens with zero attached hydrogens (tertiary/aromatic N) is 7. The third kappa shape index (κ3) is 3.14. The molecule has 2 aromatic heterocycles. The van der Waals surface area contributed by atoms with Crippen LogP contribution in [0.15, 0.2) is 49.2 Å². The van der Waals surface area contributed by atoms with Crippen molar-refractivity contribution in [2.45, 2.75) is 32.0 Å². The zero-order valence-corrected chi connectivity index (χ0v) is 12.9. The maximum absolute atomic E-state index is 4.60. The fourth-order valence-corrected chi connectivity index (χ4v) is 3.11. The van der Waals surface area contributed by atoms with Crippen molar-refractivity contribution in [2.75, 3.05) is 6.54 Å². The van der Waals surface area contributed by atoms with Crippen LogP contribution in [0.2, 0.25) is 0 Å². The Morgan fingerprint density at radius 3 is 2.87 bits per heavy atom. The van der Waals surface area contributed by atoms with Gasteiger partial charge in [-0.2, -0.15) is 20.1 Å². The van der Waals surface area contributed by atoms with Gasteiger partial charge in [0, 0.05) is 12.6 Å². The standard InChI is InChI=1S/C16H19N7/c1-2-5-15(6-3-1)23-18-9-14(20-23)10-21-8-4-7-16(21)11-22-13-17-12-19-22/h1-3,5-6,9,12-13,16H,4,7-8,10-11H2/t16-/m0/s1. The Morgan fingerprint density at radius 1 is 1.13 bits per heavy atom. The largest absolute Gasteiger partial charge is 0.293 e. The monoisotopic (exact) mass is 309 g/mol. The molecule has 0 radical (unpaired) electrons. The lowest BCUT2D eigenvalue weighted by Crippen LogP contribution is -2.32. The summed E-state index contributed by atoms with van der Waals surface area (Å²) in [7, 11) is 0. The predicted octanol–water partition coefficient (Wildman–Crippen LogP) is 1.52. The molecule has 1 aromatic carbocycles. The smallest absolute Gasteiger partial charge is 0.137 e. The van der Waals surface area contributed by atoms with Crippen molar-refractivity contribution in [1.82, 2.24) is 34.7 Å². The maximum atomic E-state index is 4.60. The zero-order chi connectivity index (χ0) is 15.5. The van der Waals surface area contributed by atoms with Gasteiger partial charge in [-0.1, -0.05) is 18.2 Å². The molecule has 1 fully saturated rings. The lowest BCUT2D eigenvalue weighted by molar-refractivity contribution is 0.216. The SMILES string of the molecule is c1ccc(-n2ncc(CN3CCC[C@H]3Cn3cncn3)n2)cc1. The minimum atomic E-state index is 0.485. The van der Waals surface area contributed by atoms with Crippen LogP contribution in [0, 0.1) is 0 Å². The molecule has 118 valence electrons. The van der Waals surface area contributed by atoms with Crippen molar-refractivity contribution < 1.29 is 0 Å². The first-order valence-corrected chi connectivity index (χ1v) is 7.91. The van der Waals surface area contributed by atoms with E-state index in [2.05, 4.69) is 25.2 Å². The van der Waals surface area contributed by atoms with Crippen LogP contribution in [0.25, 0.3) is 5.69 Å². The lowest BCUT2D eigenvalue weighted by atomic mass is 10.2. The molecule has 1 saturated heterocycles. The fourth-order valence-electron chi connectivity index (χ4n) is 3.11. The highest BCUT2D eigenvalue weighted by Crippen LogP contribution is 2.20. The summed E-state index contributed by atoms with van der Waals surface area (Å²) >= 11 is 0. The Kier molecular flexibility index (Phi) is 3.85. The molecule has 0 unspecified atom stereocenters. The van der Waals surface area contributed by atoms with E-state index in [0.717, 1.165) is 31.0 Å². The second-order valence-corrected chi connectivity index (χ2v) is 5.84. The molecule has 3 aromatic rings. The van der Waals surface area contributed by atoms with Crippen LogP contribution in [0.1, 0.15) is 18.5 Å². The van der Waals surface area contributed by atoms with Crippen LogP contribution in [-0.4, -0.2) is 47.2 Å². The van der Waals surface area contributed by atoms with Gasteiger partial charge >= 0.3 is 0 Å². The first-order valence-electron chi connectivity index (χ1n) is 7.91. The Morgan fingerprint density at radius 2 is 2.04 bits per heavy atom. The van der Waals surface area contributed by atoms with Gasteiger partial charge in [0.05, 0.1) is 24.1 Å². The molecule has 0 bridgehead atoms. The number of hydrogen-bond acceptors (Lipinski definition) is 5. The predicted molar refractivity (Wildman–Crippen MR) is 84.8 cm³/mol. The summed E-state index contributed by atoms with van der Waals surface area (Å²) in [6.45, 7) is 2.80. The first kappa shape index (κ1) is 14.1. The molecule has 0 amide bonds. The third-order valence-electron chi connectivity index (χ3n) is 4.25. The highest BCUT2D eigenvalue weighted by atomic mass is 15.5. The van der Waals surface area contributed by atoms with Crippen LogP contribution in [0.3, 0.4) is 0 Å². The quantitative estimate of drug-likeness (QED) is 0.715. The summed E-state index contributed by atoms with van der Waals surface area (Å²) in [5.74, 6) is 0. The van der Waals surface area contributed by atoms with E-state index in [4.69, 9.17) is 0 Å². The maximum Gasteiger partial charge on any atom is 0.137 e. The van der Waals surface area contributed by atoms with Gasteiger partial charge in [0.2, 0.25) is 0 Å². The summed E-state index contributed by atoms with van der Waals surface area (Å²) < 4.78 is 1.91. The van der Waals surface area contributed by atoms with Crippen molar-refractivity contribution >= 4 is 0 Å². The van der Waals surface area contributed by atoms with Crippen LogP contribution >= 0.6 is 0 Å². The summed E-state index contributed by atoms with van der Waals surface area (Å²) in [6, 6.07) is 10.5. The molecule has 4 rings (SSSR count). The number of likely N-dealkylation sites (tertiary alicyclic amines) is 1. The Hall–Kier alpha value is -2.54. The van der Waals surface area contributed by atoms with Gasteiger partial charge in [0.15, 0.2) is 0 Å². The highest BCUT2D eigenvalue weighted by Gasteiger charge is 2.25. The molecule has 7 heteroatoms. The summed E-state index contributed by atoms with van der Waals surface area (Å²) in [4.78, 5) is 8.17. The van der Waals surface area contributed by atoms with E-state index in [0.29, 0.717) is 6.04 Å². The molecular formula is C16H19N7. The van der Waals surface area contributed by atoms with Gasteiger partial charge in [-0.25, -0.2) is 4.98 Å². The van der Waals surface area contributed by atoms with Crippen molar-refractivity contribution in [3.05, 3.63) is 54.9 Å². The number of rotatable bonds is 5. The van der Waals surface area contributed by atoms with E-state index in [1.807, 2.05) is 41.2 Å². The molecule has 23 heavy (non-hydrogen) atoms. The summed E-state index contributed by atoms with van der Waals surface area (Å²) in [5, 5.41) is 13.2. The molecule has 3 heterocycles. The van der Waals surface area contributed by atoms with Gasteiger partial charge in [0.1, 0.15) is 12.7 Å². The van der Waals surface area contributed by atoms with Gasteiger partial charge in [-0.15, -0.1) is 0 Å². The molecule has 7 nitrogen and oxygen atoms in total. The Balaban J connectivity index is 1.44. The summed E-state index contributed by atoms with van der Waals surface area (Å²) in [5.41, 5.74) is 1.98. The number of hydrogen-bond donors (Lipinski definition) is 0. The minimum Gasteiger partial charge on any atom is -0.293 e.